The molecule has 0 heterocycles. The summed E-state index contributed by atoms with van der Waals surface area (Å²) in [7, 11) is 0. The van der Waals surface area contributed by atoms with Crippen molar-refractivity contribution in [3.05, 3.63) is 35.6 Å². The molecule has 1 atom stereocenters. The maximum atomic E-state index is 13.2. The van der Waals surface area contributed by atoms with Crippen molar-refractivity contribution < 1.29 is 23.9 Å². The molecule has 0 bridgehead atoms. The van der Waals surface area contributed by atoms with Crippen LogP contribution in [0.25, 0.3) is 0 Å². The average molecular weight is 335 g/mol. The number of carboxylic acids is 1. The van der Waals surface area contributed by atoms with Crippen LogP contribution < -0.4 is 5.32 Å². The van der Waals surface area contributed by atoms with E-state index in [1.807, 2.05) is 0 Å². The lowest BCUT2D eigenvalue weighted by atomic mass is 9.86. The molecule has 0 radical (unpaired) electrons. The van der Waals surface area contributed by atoms with Gasteiger partial charge in [0.2, 0.25) is 5.91 Å². The van der Waals surface area contributed by atoms with Crippen molar-refractivity contribution in [1.82, 2.24) is 5.32 Å². The molecule has 1 amide bonds. The molecule has 1 aliphatic rings. The van der Waals surface area contributed by atoms with E-state index < -0.39 is 17.7 Å². The van der Waals surface area contributed by atoms with Crippen molar-refractivity contribution >= 4 is 17.7 Å². The molecule has 0 spiro atoms. The lowest BCUT2D eigenvalue weighted by molar-refractivity contribution is -0.142. The highest BCUT2D eigenvalue weighted by atomic mass is 19.1. The summed E-state index contributed by atoms with van der Waals surface area (Å²) in [5.74, 6) is -2.62. The molecule has 2 N–H and O–H groups in total. The highest BCUT2D eigenvalue weighted by Crippen LogP contribution is 2.24. The van der Waals surface area contributed by atoms with Gasteiger partial charge in [0.25, 0.3) is 0 Å². The molecule has 5 nitrogen and oxygen atoms in total. The van der Waals surface area contributed by atoms with Crippen LogP contribution in [0, 0.1) is 17.7 Å². The second-order valence-corrected chi connectivity index (χ2v) is 6.43. The first-order valence-corrected chi connectivity index (χ1v) is 8.18. The van der Waals surface area contributed by atoms with Crippen LogP contribution in [0.2, 0.25) is 0 Å². The first kappa shape index (κ1) is 18.1. The maximum Gasteiger partial charge on any atom is 0.306 e. The van der Waals surface area contributed by atoms with Crippen molar-refractivity contribution in [3.8, 4) is 0 Å². The Kier molecular flexibility index (Phi) is 6.06. The molecule has 24 heavy (non-hydrogen) atoms. The number of hydrogen-bond acceptors (Lipinski definition) is 3. The molecule has 0 aliphatic heterocycles. The second-order valence-electron chi connectivity index (χ2n) is 6.43. The summed E-state index contributed by atoms with van der Waals surface area (Å²) in [6.45, 7) is 1.65. The van der Waals surface area contributed by atoms with E-state index in [1.54, 1.807) is 6.92 Å². The molecule has 1 aromatic carbocycles. The number of halogens is 1. The summed E-state index contributed by atoms with van der Waals surface area (Å²) < 4.78 is 13.2. The fraction of sp³-hybridized carbons (Fsp3) is 0.500. The van der Waals surface area contributed by atoms with Crippen LogP contribution in [0.4, 0.5) is 4.39 Å². The van der Waals surface area contributed by atoms with E-state index in [0.717, 1.165) is 0 Å². The molecule has 1 fully saturated rings. The molecule has 1 aliphatic carbocycles. The quantitative estimate of drug-likeness (QED) is 0.783. The minimum absolute atomic E-state index is 0.0359. The number of hydrogen-bond donors (Lipinski definition) is 2. The monoisotopic (exact) mass is 335 g/mol. The van der Waals surface area contributed by atoms with Gasteiger partial charge in [0.1, 0.15) is 5.82 Å². The maximum absolute atomic E-state index is 13.2. The van der Waals surface area contributed by atoms with Crippen LogP contribution in [0.3, 0.4) is 0 Å². The Morgan fingerprint density at radius 1 is 1.25 bits per heavy atom. The summed E-state index contributed by atoms with van der Waals surface area (Å²) in [6, 6.07) is 5.40. The van der Waals surface area contributed by atoms with Gasteiger partial charge in [-0.2, -0.15) is 0 Å². The van der Waals surface area contributed by atoms with E-state index in [4.69, 9.17) is 5.11 Å². The van der Waals surface area contributed by atoms with Crippen LogP contribution in [-0.2, 0) is 9.59 Å². The van der Waals surface area contributed by atoms with Crippen LogP contribution in [0.5, 0.6) is 0 Å². The van der Waals surface area contributed by atoms with E-state index in [0.29, 0.717) is 25.7 Å². The predicted molar refractivity (Wildman–Crippen MR) is 86.0 cm³/mol. The number of benzene rings is 1. The fourth-order valence-corrected chi connectivity index (χ4v) is 3.07. The topological polar surface area (TPSA) is 83.5 Å². The standard InChI is InChI=1S/C18H22FNO4/c1-11(17(22)13-3-2-4-14(19)10-13)9-16(21)20-15-7-5-12(6-8-15)18(23)24/h2-4,10-12,15H,5-9H2,1H3,(H,20,21)(H,23,24). The second kappa shape index (κ2) is 8.04. The Bertz CT molecular complexity index is 623. The van der Waals surface area contributed by atoms with Gasteiger partial charge in [-0.3, -0.25) is 14.4 Å². The largest absolute Gasteiger partial charge is 0.481 e. The number of Topliss-reactive ketones (excluding diaryl/α,β-unsaturated/α-hetero) is 1. The summed E-state index contributed by atoms with van der Waals surface area (Å²) in [5, 5.41) is 11.8. The van der Waals surface area contributed by atoms with Crippen molar-refractivity contribution in [2.24, 2.45) is 11.8 Å². The van der Waals surface area contributed by atoms with E-state index in [-0.39, 0.29) is 35.6 Å². The Morgan fingerprint density at radius 3 is 2.50 bits per heavy atom. The number of carbonyl (C=O) groups is 3. The Labute approximate surface area is 140 Å². The molecular formula is C18H22FNO4. The number of nitrogens with one attached hydrogen (secondary N) is 1. The summed E-state index contributed by atoms with van der Waals surface area (Å²) in [6.07, 6.45) is 2.41. The summed E-state index contributed by atoms with van der Waals surface area (Å²) in [5.41, 5.74) is 0.261. The zero-order valence-electron chi connectivity index (χ0n) is 13.6. The zero-order valence-corrected chi connectivity index (χ0v) is 13.6. The van der Waals surface area contributed by atoms with E-state index in [9.17, 15) is 18.8 Å². The van der Waals surface area contributed by atoms with Crippen LogP contribution in [0.1, 0.15) is 49.4 Å². The zero-order chi connectivity index (χ0) is 17.7. The van der Waals surface area contributed by atoms with Gasteiger partial charge < -0.3 is 10.4 Å². The highest BCUT2D eigenvalue weighted by molar-refractivity contribution is 5.99. The van der Waals surface area contributed by atoms with Gasteiger partial charge in [-0.1, -0.05) is 19.1 Å². The van der Waals surface area contributed by atoms with Crippen molar-refractivity contribution in [1.29, 1.82) is 0 Å². The molecule has 2 rings (SSSR count). The third-order valence-corrected chi connectivity index (χ3v) is 4.49. The molecular weight excluding hydrogens is 313 g/mol. The molecule has 1 unspecified atom stereocenters. The number of ketones is 1. The molecule has 0 saturated heterocycles. The van der Waals surface area contributed by atoms with Gasteiger partial charge in [0, 0.05) is 23.9 Å². The number of aliphatic carboxylic acids is 1. The van der Waals surface area contributed by atoms with Crippen LogP contribution >= 0.6 is 0 Å². The average Bonchev–Trinajstić information content (AvgIpc) is 2.54. The van der Waals surface area contributed by atoms with Crippen molar-refractivity contribution in [2.75, 3.05) is 0 Å². The number of carboxylic acid groups (broad SMARTS) is 1. The van der Waals surface area contributed by atoms with Gasteiger partial charge in [-0.25, -0.2) is 4.39 Å². The molecule has 130 valence electrons. The van der Waals surface area contributed by atoms with Crippen molar-refractivity contribution in [2.45, 2.75) is 45.1 Å². The Hall–Kier alpha value is -2.24. The third kappa shape index (κ3) is 4.88. The minimum Gasteiger partial charge on any atom is -0.481 e. The predicted octanol–water partition coefficient (Wildman–Crippen LogP) is 2.79. The first-order chi connectivity index (χ1) is 11.4. The summed E-state index contributed by atoms with van der Waals surface area (Å²) >= 11 is 0. The van der Waals surface area contributed by atoms with E-state index >= 15 is 0 Å². The van der Waals surface area contributed by atoms with Gasteiger partial charge in [-0.05, 0) is 37.8 Å². The van der Waals surface area contributed by atoms with Crippen molar-refractivity contribution in [3.63, 3.8) is 0 Å². The molecule has 1 saturated carbocycles. The van der Waals surface area contributed by atoms with E-state index in [1.165, 1.54) is 24.3 Å². The molecule has 0 aromatic heterocycles. The molecule has 1 aromatic rings. The Balaban J connectivity index is 1.82. The van der Waals surface area contributed by atoms with Gasteiger partial charge in [0.15, 0.2) is 5.78 Å². The number of carbonyl (C=O) groups excluding carboxylic acids is 2. The van der Waals surface area contributed by atoms with Crippen LogP contribution in [-0.4, -0.2) is 28.8 Å². The smallest absolute Gasteiger partial charge is 0.306 e. The fourth-order valence-electron chi connectivity index (χ4n) is 3.07. The SMILES string of the molecule is CC(CC(=O)NC1CCC(C(=O)O)CC1)C(=O)c1cccc(F)c1. The lowest BCUT2D eigenvalue weighted by Crippen LogP contribution is -2.39. The summed E-state index contributed by atoms with van der Waals surface area (Å²) in [4.78, 5) is 35.2. The first-order valence-electron chi connectivity index (χ1n) is 8.18. The Morgan fingerprint density at radius 2 is 1.92 bits per heavy atom. The molecule has 6 heteroatoms. The minimum atomic E-state index is -0.783. The lowest BCUT2D eigenvalue weighted by Gasteiger charge is -2.27. The number of amides is 1. The normalized spacial score (nSPS) is 21.8. The van der Waals surface area contributed by atoms with Crippen LogP contribution in [0.15, 0.2) is 24.3 Å². The van der Waals surface area contributed by atoms with E-state index in [2.05, 4.69) is 5.32 Å². The van der Waals surface area contributed by atoms with Gasteiger partial charge in [-0.15, -0.1) is 0 Å². The number of rotatable bonds is 6. The van der Waals surface area contributed by atoms with Gasteiger partial charge >= 0.3 is 5.97 Å². The van der Waals surface area contributed by atoms with Gasteiger partial charge in [0.05, 0.1) is 5.92 Å². The third-order valence-electron chi connectivity index (χ3n) is 4.49. The highest BCUT2D eigenvalue weighted by Gasteiger charge is 2.27.